The lowest BCUT2D eigenvalue weighted by atomic mass is 10.1. The van der Waals surface area contributed by atoms with E-state index in [2.05, 4.69) is 184 Å². The van der Waals surface area contributed by atoms with E-state index in [1.807, 2.05) is 12.3 Å². The number of hydrogen-bond donors (Lipinski definition) is 0. The molecule has 0 N–H and O–H groups in total. The topological polar surface area (TPSA) is 27.7 Å². The summed E-state index contributed by atoms with van der Waals surface area (Å²) in [6.07, 6.45) is 1.90. The Bertz CT molecular complexity index is 3110. The third-order valence-electron chi connectivity index (χ3n) is 10.5. The van der Waals surface area contributed by atoms with Gasteiger partial charge in [-0.2, -0.15) is 0 Å². The van der Waals surface area contributed by atoms with Gasteiger partial charge in [0.1, 0.15) is 0 Å². The third-order valence-corrected chi connectivity index (χ3v) is 10.5. The highest BCUT2D eigenvalue weighted by molar-refractivity contribution is 6.19. The lowest BCUT2D eigenvalue weighted by molar-refractivity contribution is 1.16. The molecule has 0 bridgehead atoms. The van der Waals surface area contributed by atoms with Crippen molar-refractivity contribution in [2.45, 2.75) is 0 Å². The molecule has 0 unspecified atom stereocenters. The van der Waals surface area contributed by atoms with Crippen molar-refractivity contribution in [1.82, 2.24) is 18.7 Å². The number of nitrogens with zero attached hydrogens (tertiary/aromatic N) is 4. The molecule has 4 aromatic heterocycles. The second kappa shape index (κ2) is 10.8. The van der Waals surface area contributed by atoms with E-state index in [1.54, 1.807) is 0 Å². The molecule has 4 heterocycles. The highest BCUT2D eigenvalue weighted by Crippen LogP contribution is 2.41. The zero-order valence-corrected chi connectivity index (χ0v) is 27.6. The van der Waals surface area contributed by atoms with Crippen molar-refractivity contribution in [3.63, 3.8) is 0 Å². The van der Waals surface area contributed by atoms with Crippen LogP contribution in [0.3, 0.4) is 0 Å². The van der Waals surface area contributed by atoms with E-state index in [4.69, 9.17) is 4.98 Å². The van der Waals surface area contributed by atoms with Gasteiger partial charge in [0.05, 0.1) is 38.6 Å². The van der Waals surface area contributed by atoms with Gasteiger partial charge in [-0.25, -0.2) is 0 Å². The van der Waals surface area contributed by atoms with Gasteiger partial charge >= 0.3 is 0 Å². The van der Waals surface area contributed by atoms with Crippen molar-refractivity contribution < 1.29 is 0 Å². The quantitative estimate of drug-likeness (QED) is 0.186. The molecule has 0 fully saturated rings. The van der Waals surface area contributed by atoms with Crippen LogP contribution in [0, 0.1) is 0 Å². The molecule has 0 atom stereocenters. The maximum Gasteiger partial charge on any atom is 0.0964 e. The molecule has 0 saturated carbocycles. The minimum Gasteiger partial charge on any atom is -0.309 e. The maximum atomic E-state index is 4.91. The second-order valence-corrected chi connectivity index (χ2v) is 13.2. The number of fused-ring (bicyclic) bond motifs is 9. The summed E-state index contributed by atoms with van der Waals surface area (Å²) < 4.78 is 7.17. The summed E-state index contributed by atoms with van der Waals surface area (Å²) in [5, 5.41) is 6.11. The maximum absolute atomic E-state index is 4.91. The first-order valence-electron chi connectivity index (χ1n) is 17.4. The van der Waals surface area contributed by atoms with Crippen LogP contribution in [0.15, 0.2) is 182 Å². The fourth-order valence-corrected chi connectivity index (χ4v) is 8.24. The van der Waals surface area contributed by atoms with E-state index in [0.717, 1.165) is 39.0 Å². The molecule has 4 nitrogen and oxygen atoms in total. The molecule has 11 rings (SSSR count). The van der Waals surface area contributed by atoms with Gasteiger partial charge in [-0.15, -0.1) is 0 Å². The van der Waals surface area contributed by atoms with Gasteiger partial charge in [-0.05, 0) is 90.0 Å². The zero-order valence-electron chi connectivity index (χ0n) is 27.6. The summed E-state index contributed by atoms with van der Waals surface area (Å²) in [4.78, 5) is 4.91. The lowest BCUT2D eigenvalue weighted by Crippen LogP contribution is -1.96. The van der Waals surface area contributed by atoms with E-state index in [1.165, 1.54) is 54.7 Å². The molecule has 0 aliphatic rings. The second-order valence-electron chi connectivity index (χ2n) is 13.2. The van der Waals surface area contributed by atoms with Crippen molar-refractivity contribution in [2.75, 3.05) is 0 Å². The van der Waals surface area contributed by atoms with Crippen LogP contribution in [-0.2, 0) is 0 Å². The number of para-hydroxylation sites is 3. The molecular formula is C47H30N4. The van der Waals surface area contributed by atoms with E-state index in [0.29, 0.717) is 0 Å². The van der Waals surface area contributed by atoms with Crippen LogP contribution >= 0.6 is 0 Å². The normalized spacial score (nSPS) is 11.9. The monoisotopic (exact) mass is 650 g/mol. The Morgan fingerprint density at radius 2 is 0.804 bits per heavy atom. The molecule has 0 radical (unpaired) electrons. The predicted octanol–water partition coefficient (Wildman–Crippen LogP) is 12.0. The average Bonchev–Trinajstić information content (AvgIpc) is 3.83. The van der Waals surface area contributed by atoms with Gasteiger partial charge in [0.15, 0.2) is 0 Å². The van der Waals surface area contributed by atoms with Crippen LogP contribution in [-0.4, -0.2) is 18.7 Å². The molecule has 0 amide bonds. The van der Waals surface area contributed by atoms with Crippen LogP contribution in [0.5, 0.6) is 0 Å². The summed E-state index contributed by atoms with van der Waals surface area (Å²) in [5.74, 6) is 0. The summed E-state index contributed by atoms with van der Waals surface area (Å²) in [6, 6.07) is 63.5. The molecule has 0 saturated heterocycles. The highest BCUT2D eigenvalue weighted by atomic mass is 15.0. The van der Waals surface area contributed by atoms with E-state index in [9.17, 15) is 0 Å². The molecule has 11 aromatic rings. The van der Waals surface area contributed by atoms with E-state index in [-0.39, 0.29) is 0 Å². The number of rotatable bonds is 4. The average molecular weight is 651 g/mol. The Morgan fingerprint density at radius 1 is 0.294 bits per heavy atom. The number of hydrogen-bond acceptors (Lipinski definition) is 1. The smallest absolute Gasteiger partial charge is 0.0964 e. The standard InChI is InChI=1S/C47H30N4/c1-3-12-31(13-4-1)32-21-23-34(24-22-32)50-41-18-9-7-16-36(41)38-29-39-37-17-8-10-19-42(37)51(46(39)30-45(38)50)35-25-26-43-40(28-35)47-44(20-11-27-48-47)49(43)33-14-5-2-6-15-33/h1-30H. The largest absolute Gasteiger partial charge is 0.309 e. The van der Waals surface area contributed by atoms with Crippen LogP contribution in [0.2, 0.25) is 0 Å². The molecule has 7 aromatic carbocycles. The SMILES string of the molecule is c1ccc(-c2ccc(-n3c4ccccc4c4cc5c6ccccc6n(-c6ccc7c(c6)c6ncccc6n7-c6ccccc6)c5cc43)cc2)cc1. The predicted molar refractivity (Wildman–Crippen MR) is 213 cm³/mol. The Labute approximate surface area is 293 Å². The highest BCUT2D eigenvalue weighted by Gasteiger charge is 2.20. The van der Waals surface area contributed by atoms with Gasteiger partial charge in [0.25, 0.3) is 0 Å². The first-order valence-corrected chi connectivity index (χ1v) is 17.4. The third kappa shape index (κ3) is 4.11. The molecule has 0 spiro atoms. The lowest BCUT2D eigenvalue weighted by Gasteiger charge is -2.12. The number of aromatic nitrogens is 4. The van der Waals surface area contributed by atoms with Gasteiger partial charge in [-0.3, -0.25) is 4.98 Å². The summed E-state index contributed by atoms with van der Waals surface area (Å²) >= 11 is 0. The van der Waals surface area contributed by atoms with Gasteiger partial charge in [-0.1, -0.05) is 97.1 Å². The zero-order chi connectivity index (χ0) is 33.5. The fourth-order valence-electron chi connectivity index (χ4n) is 8.24. The molecule has 238 valence electrons. The Balaban J connectivity index is 1.19. The Hall–Kier alpha value is -6.91. The Kier molecular flexibility index (Phi) is 5.92. The van der Waals surface area contributed by atoms with Crippen LogP contribution in [0.1, 0.15) is 0 Å². The van der Waals surface area contributed by atoms with Gasteiger partial charge < -0.3 is 13.7 Å². The minimum absolute atomic E-state index is 1.00. The molecule has 4 heteroatoms. The van der Waals surface area contributed by atoms with E-state index >= 15 is 0 Å². The van der Waals surface area contributed by atoms with Gasteiger partial charge in [0.2, 0.25) is 0 Å². The minimum atomic E-state index is 1.00. The summed E-state index contributed by atoms with van der Waals surface area (Å²) in [5.41, 5.74) is 13.8. The summed E-state index contributed by atoms with van der Waals surface area (Å²) in [6.45, 7) is 0. The van der Waals surface area contributed by atoms with Crippen LogP contribution in [0.25, 0.3) is 93.7 Å². The number of pyridine rings is 1. The van der Waals surface area contributed by atoms with Crippen LogP contribution in [0.4, 0.5) is 0 Å². The van der Waals surface area contributed by atoms with Crippen LogP contribution < -0.4 is 0 Å². The van der Waals surface area contributed by atoms with Crippen molar-refractivity contribution >= 4 is 65.5 Å². The number of benzene rings is 7. The molecule has 0 aliphatic carbocycles. The molecule has 0 aliphatic heterocycles. The molecule has 51 heavy (non-hydrogen) atoms. The summed E-state index contributed by atoms with van der Waals surface area (Å²) in [7, 11) is 0. The van der Waals surface area contributed by atoms with Crippen molar-refractivity contribution in [2.24, 2.45) is 0 Å². The van der Waals surface area contributed by atoms with Gasteiger partial charge in [0, 0.05) is 50.2 Å². The first kappa shape index (κ1) is 28.0. The van der Waals surface area contributed by atoms with Crippen molar-refractivity contribution in [3.8, 4) is 28.2 Å². The van der Waals surface area contributed by atoms with E-state index < -0.39 is 0 Å². The van der Waals surface area contributed by atoms with Crippen molar-refractivity contribution in [3.05, 3.63) is 182 Å². The molecular weight excluding hydrogens is 621 g/mol. The fraction of sp³-hybridized carbons (Fsp3) is 0. The first-order chi connectivity index (χ1) is 25.3. The van der Waals surface area contributed by atoms with Crippen molar-refractivity contribution in [1.29, 1.82) is 0 Å². The Morgan fingerprint density at radius 3 is 1.51 bits per heavy atom.